The lowest BCUT2D eigenvalue weighted by atomic mass is 10.1. The Morgan fingerprint density at radius 1 is 1.35 bits per heavy atom. The molecule has 0 saturated heterocycles. The maximum Gasteiger partial charge on any atom is 0.0230 e. The molecular weight excluding hydrogens is 208 g/mol. The predicted octanol–water partition coefficient (Wildman–Crippen LogP) is 2.55. The lowest BCUT2D eigenvalue weighted by molar-refractivity contribution is 0.270. The van der Waals surface area contributed by atoms with Crippen LogP contribution in [0.25, 0.3) is 0 Å². The Morgan fingerprint density at radius 2 is 2.18 bits per heavy atom. The van der Waals surface area contributed by atoms with Crippen LogP contribution in [0.1, 0.15) is 30.4 Å². The monoisotopic (exact) mass is 232 g/mol. The third-order valence-electron chi connectivity index (χ3n) is 3.69. The van der Waals surface area contributed by atoms with Gasteiger partial charge in [0.1, 0.15) is 0 Å². The van der Waals surface area contributed by atoms with E-state index in [2.05, 4.69) is 43.1 Å². The van der Waals surface area contributed by atoms with E-state index in [4.69, 9.17) is 5.73 Å². The number of rotatable bonds is 4. The van der Waals surface area contributed by atoms with Crippen LogP contribution in [-0.4, -0.2) is 24.5 Å². The third-order valence-corrected chi connectivity index (χ3v) is 3.69. The number of hydrogen-bond donors (Lipinski definition) is 1. The summed E-state index contributed by atoms with van der Waals surface area (Å²) in [6.45, 7) is 4.38. The zero-order valence-electron chi connectivity index (χ0n) is 11.0. The summed E-state index contributed by atoms with van der Waals surface area (Å²) in [4.78, 5) is 2.43. The molecule has 2 atom stereocenters. The highest BCUT2D eigenvalue weighted by molar-refractivity contribution is 5.21. The van der Waals surface area contributed by atoms with Crippen molar-refractivity contribution in [1.82, 2.24) is 4.90 Å². The van der Waals surface area contributed by atoms with Gasteiger partial charge in [0.05, 0.1) is 0 Å². The topological polar surface area (TPSA) is 29.3 Å². The van der Waals surface area contributed by atoms with Crippen molar-refractivity contribution in [1.29, 1.82) is 0 Å². The van der Waals surface area contributed by atoms with Crippen molar-refractivity contribution in [2.75, 3.05) is 13.6 Å². The lowest BCUT2D eigenvalue weighted by Gasteiger charge is -2.21. The molecule has 2 heteroatoms. The maximum atomic E-state index is 5.95. The van der Waals surface area contributed by atoms with E-state index in [1.54, 1.807) is 0 Å². The van der Waals surface area contributed by atoms with Gasteiger partial charge in [0.2, 0.25) is 0 Å². The summed E-state index contributed by atoms with van der Waals surface area (Å²) in [5, 5.41) is 0. The average molecular weight is 232 g/mol. The molecule has 1 aliphatic carbocycles. The summed E-state index contributed by atoms with van der Waals surface area (Å²) in [6.07, 6.45) is 3.72. The molecule has 94 valence electrons. The normalized spacial score (nSPS) is 24.5. The van der Waals surface area contributed by atoms with Gasteiger partial charge in [0.15, 0.2) is 0 Å². The SMILES string of the molecule is Cc1cccc(CN(C)CC2CCC(N)C2)c1. The second kappa shape index (κ2) is 5.65. The van der Waals surface area contributed by atoms with Gasteiger partial charge < -0.3 is 10.6 Å². The molecule has 2 unspecified atom stereocenters. The lowest BCUT2D eigenvalue weighted by Crippen LogP contribution is -2.25. The van der Waals surface area contributed by atoms with Gasteiger partial charge >= 0.3 is 0 Å². The fourth-order valence-corrected chi connectivity index (χ4v) is 2.91. The van der Waals surface area contributed by atoms with Crippen LogP contribution in [0.5, 0.6) is 0 Å². The first-order valence-corrected chi connectivity index (χ1v) is 6.63. The average Bonchev–Trinajstić information content (AvgIpc) is 2.63. The molecule has 0 heterocycles. The molecule has 1 aromatic rings. The maximum absolute atomic E-state index is 5.95. The van der Waals surface area contributed by atoms with Gasteiger partial charge in [-0.25, -0.2) is 0 Å². The highest BCUT2D eigenvalue weighted by Crippen LogP contribution is 2.25. The molecule has 1 aliphatic rings. The van der Waals surface area contributed by atoms with Crippen LogP contribution in [0.3, 0.4) is 0 Å². The van der Waals surface area contributed by atoms with E-state index in [1.807, 2.05) is 0 Å². The van der Waals surface area contributed by atoms with E-state index in [0.717, 1.165) is 12.5 Å². The van der Waals surface area contributed by atoms with Crippen molar-refractivity contribution in [2.45, 2.75) is 38.8 Å². The van der Waals surface area contributed by atoms with E-state index in [0.29, 0.717) is 6.04 Å². The molecule has 1 saturated carbocycles. The van der Waals surface area contributed by atoms with Crippen molar-refractivity contribution in [3.05, 3.63) is 35.4 Å². The van der Waals surface area contributed by atoms with Crippen LogP contribution in [0.2, 0.25) is 0 Å². The van der Waals surface area contributed by atoms with E-state index in [1.165, 1.54) is 36.9 Å². The summed E-state index contributed by atoms with van der Waals surface area (Å²) in [6, 6.07) is 9.23. The Bertz CT molecular complexity index is 362. The zero-order valence-corrected chi connectivity index (χ0v) is 11.0. The van der Waals surface area contributed by atoms with Gasteiger partial charge in [0.25, 0.3) is 0 Å². The smallest absolute Gasteiger partial charge is 0.0230 e. The molecule has 0 amide bonds. The van der Waals surface area contributed by atoms with Gasteiger partial charge in [-0.1, -0.05) is 29.8 Å². The Hall–Kier alpha value is -0.860. The summed E-state index contributed by atoms with van der Waals surface area (Å²) in [7, 11) is 2.21. The highest BCUT2D eigenvalue weighted by Gasteiger charge is 2.22. The first-order chi connectivity index (χ1) is 8.13. The predicted molar refractivity (Wildman–Crippen MR) is 72.8 cm³/mol. The molecule has 2 rings (SSSR count). The molecule has 1 fully saturated rings. The molecule has 0 radical (unpaired) electrons. The molecular formula is C15H24N2. The van der Waals surface area contributed by atoms with Gasteiger partial charge in [-0.05, 0) is 44.7 Å². The number of hydrogen-bond acceptors (Lipinski definition) is 2. The molecule has 0 aliphatic heterocycles. The van der Waals surface area contributed by atoms with Crippen LogP contribution in [0.4, 0.5) is 0 Å². The van der Waals surface area contributed by atoms with E-state index < -0.39 is 0 Å². The third kappa shape index (κ3) is 3.83. The summed E-state index contributed by atoms with van der Waals surface area (Å²) < 4.78 is 0. The van der Waals surface area contributed by atoms with Crippen molar-refractivity contribution >= 4 is 0 Å². The van der Waals surface area contributed by atoms with Gasteiger partial charge in [-0.3, -0.25) is 0 Å². The quantitative estimate of drug-likeness (QED) is 0.864. The van der Waals surface area contributed by atoms with Crippen molar-refractivity contribution < 1.29 is 0 Å². The Morgan fingerprint density at radius 3 is 2.82 bits per heavy atom. The Kier molecular flexibility index (Phi) is 4.19. The molecule has 0 spiro atoms. The molecule has 0 aromatic heterocycles. The fraction of sp³-hybridized carbons (Fsp3) is 0.600. The van der Waals surface area contributed by atoms with Crippen LogP contribution in [0.15, 0.2) is 24.3 Å². The summed E-state index contributed by atoms with van der Waals surface area (Å²) in [5.41, 5.74) is 8.71. The molecule has 2 nitrogen and oxygen atoms in total. The first kappa shape index (κ1) is 12.6. The van der Waals surface area contributed by atoms with Crippen LogP contribution in [-0.2, 0) is 6.54 Å². The first-order valence-electron chi connectivity index (χ1n) is 6.63. The van der Waals surface area contributed by atoms with Crippen molar-refractivity contribution in [3.63, 3.8) is 0 Å². The van der Waals surface area contributed by atoms with Gasteiger partial charge in [-0.2, -0.15) is 0 Å². The summed E-state index contributed by atoms with van der Waals surface area (Å²) in [5.74, 6) is 0.805. The fourth-order valence-electron chi connectivity index (χ4n) is 2.91. The second-order valence-electron chi connectivity index (χ2n) is 5.62. The number of benzene rings is 1. The minimum Gasteiger partial charge on any atom is -0.328 e. The standard InChI is InChI=1S/C15H24N2/c1-12-4-3-5-13(8-12)10-17(2)11-14-6-7-15(16)9-14/h3-5,8,14-15H,6-7,9-11,16H2,1-2H3. The van der Waals surface area contributed by atoms with E-state index in [-0.39, 0.29) is 0 Å². The minimum atomic E-state index is 0.451. The molecule has 17 heavy (non-hydrogen) atoms. The Labute approximate surface area is 105 Å². The molecule has 2 N–H and O–H groups in total. The molecule has 1 aromatic carbocycles. The van der Waals surface area contributed by atoms with Crippen molar-refractivity contribution in [2.24, 2.45) is 11.7 Å². The Balaban J connectivity index is 1.83. The van der Waals surface area contributed by atoms with Crippen LogP contribution < -0.4 is 5.73 Å². The van der Waals surface area contributed by atoms with Gasteiger partial charge in [-0.15, -0.1) is 0 Å². The molecule has 0 bridgehead atoms. The number of aryl methyl sites for hydroxylation is 1. The number of nitrogens with two attached hydrogens (primary N) is 1. The van der Waals surface area contributed by atoms with Crippen molar-refractivity contribution in [3.8, 4) is 0 Å². The second-order valence-corrected chi connectivity index (χ2v) is 5.62. The highest BCUT2D eigenvalue weighted by atomic mass is 15.1. The van der Waals surface area contributed by atoms with Gasteiger partial charge in [0, 0.05) is 19.1 Å². The van der Waals surface area contributed by atoms with Crippen LogP contribution >= 0.6 is 0 Å². The zero-order chi connectivity index (χ0) is 12.3. The minimum absolute atomic E-state index is 0.451. The van der Waals surface area contributed by atoms with E-state index in [9.17, 15) is 0 Å². The largest absolute Gasteiger partial charge is 0.328 e. The summed E-state index contributed by atoms with van der Waals surface area (Å²) >= 11 is 0. The number of nitrogens with zero attached hydrogens (tertiary/aromatic N) is 1. The van der Waals surface area contributed by atoms with E-state index >= 15 is 0 Å². The van der Waals surface area contributed by atoms with Crippen LogP contribution in [0, 0.1) is 12.8 Å².